The van der Waals surface area contributed by atoms with E-state index >= 15 is 0 Å². The number of nitriles is 2. The van der Waals surface area contributed by atoms with Gasteiger partial charge in [-0.1, -0.05) is 12.1 Å². The molecule has 10 heteroatoms. The first-order valence-electron chi connectivity index (χ1n) is 12.9. The van der Waals surface area contributed by atoms with Crippen molar-refractivity contribution in [3.63, 3.8) is 0 Å². The summed E-state index contributed by atoms with van der Waals surface area (Å²) in [5, 5.41) is 22.8. The number of thiazole rings is 1. The smallest absolute Gasteiger partial charge is 0.270 e. The summed E-state index contributed by atoms with van der Waals surface area (Å²) in [4.78, 5) is 27.1. The van der Waals surface area contributed by atoms with Crippen LogP contribution in [0.25, 0.3) is 11.0 Å². The van der Waals surface area contributed by atoms with Gasteiger partial charge >= 0.3 is 0 Å². The van der Waals surface area contributed by atoms with Crippen molar-refractivity contribution in [1.29, 1.82) is 10.5 Å². The molecule has 1 aliphatic heterocycles. The lowest BCUT2D eigenvalue weighted by atomic mass is 9.99. The Labute approximate surface area is 229 Å². The number of hydrogen-bond donors (Lipinski definition) is 0. The summed E-state index contributed by atoms with van der Waals surface area (Å²) < 4.78 is 15.2. The number of pyridine rings is 2. The predicted molar refractivity (Wildman–Crippen MR) is 147 cm³/mol. The van der Waals surface area contributed by atoms with E-state index in [2.05, 4.69) is 39.2 Å². The highest BCUT2D eigenvalue weighted by molar-refractivity contribution is 7.09. The van der Waals surface area contributed by atoms with Crippen LogP contribution in [-0.2, 0) is 7.05 Å². The first kappa shape index (κ1) is 25.2. The highest BCUT2D eigenvalue weighted by atomic mass is 32.1. The number of benzene rings is 1. The van der Waals surface area contributed by atoms with Crippen LogP contribution >= 0.6 is 11.3 Å². The van der Waals surface area contributed by atoms with Gasteiger partial charge in [0.2, 0.25) is 0 Å². The molecular formula is C29H26FN7OS. The normalized spacial score (nSPS) is 18.6. The third-order valence-electron chi connectivity index (χ3n) is 7.68. The Morgan fingerprint density at radius 1 is 1.08 bits per heavy atom. The van der Waals surface area contributed by atoms with E-state index in [0.29, 0.717) is 42.3 Å². The van der Waals surface area contributed by atoms with Crippen LogP contribution in [-0.4, -0.2) is 45.1 Å². The summed E-state index contributed by atoms with van der Waals surface area (Å²) in [6.07, 6.45) is 2.36. The van der Waals surface area contributed by atoms with E-state index in [1.165, 1.54) is 29.5 Å². The van der Waals surface area contributed by atoms with Crippen molar-refractivity contribution in [3.8, 4) is 12.1 Å². The summed E-state index contributed by atoms with van der Waals surface area (Å²) >= 11 is 1.69. The number of halogens is 1. The first-order chi connectivity index (χ1) is 18.9. The lowest BCUT2D eigenvalue weighted by Gasteiger charge is -2.44. The molecule has 0 radical (unpaired) electrons. The van der Waals surface area contributed by atoms with Gasteiger partial charge in [0.15, 0.2) is 0 Å². The highest BCUT2D eigenvalue weighted by Gasteiger charge is 2.35. The van der Waals surface area contributed by atoms with Gasteiger partial charge in [-0.3, -0.25) is 9.69 Å². The molecule has 6 rings (SSSR count). The van der Waals surface area contributed by atoms with Gasteiger partial charge in [-0.2, -0.15) is 10.5 Å². The van der Waals surface area contributed by atoms with Crippen molar-refractivity contribution < 1.29 is 4.39 Å². The Morgan fingerprint density at radius 2 is 1.85 bits per heavy atom. The lowest BCUT2D eigenvalue weighted by molar-refractivity contribution is 0.185. The number of hydrogen-bond acceptors (Lipinski definition) is 8. The standard InChI is InChI=1S/C29H26FN7OS/c1-17-15-36(26(18-5-7-20(30)8-6-18)23-16-39-28(34-23)19-3-4-19)11-12-37(17)27-22(14-32)29(38)35(2)24-10-9-21(13-31)33-25(24)27/h5-10,16-17,19,26H,3-4,11-12,15H2,1-2H3/t17-,26?/m0/s1. The minimum atomic E-state index is -0.389. The maximum atomic E-state index is 13.8. The molecule has 2 aliphatic rings. The molecule has 2 atom stereocenters. The van der Waals surface area contributed by atoms with Gasteiger partial charge in [-0.05, 0) is 49.6 Å². The number of aryl methyl sites for hydroxylation is 1. The molecule has 39 heavy (non-hydrogen) atoms. The van der Waals surface area contributed by atoms with Crippen molar-refractivity contribution in [1.82, 2.24) is 19.4 Å². The van der Waals surface area contributed by atoms with Crippen molar-refractivity contribution in [2.75, 3.05) is 24.5 Å². The second kappa shape index (κ2) is 9.88. The number of nitrogens with zero attached hydrogens (tertiary/aromatic N) is 7. The molecule has 1 aromatic carbocycles. The largest absolute Gasteiger partial charge is 0.363 e. The van der Waals surface area contributed by atoms with Crippen molar-refractivity contribution in [3.05, 3.63) is 85.5 Å². The third kappa shape index (κ3) is 4.46. The molecule has 1 saturated carbocycles. The fourth-order valence-corrected chi connectivity index (χ4v) is 6.56. The maximum absolute atomic E-state index is 13.8. The van der Waals surface area contributed by atoms with E-state index in [9.17, 15) is 19.7 Å². The fraction of sp³-hybridized carbons (Fsp3) is 0.345. The van der Waals surface area contributed by atoms with Crippen LogP contribution in [0.1, 0.15) is 59.2 Å². The second-order valence-electron chi connectivity index (χ2n) is 10.3. The highest BCUT2D eigenvalue weighted by Crippen LogP contribution is 2.43. The van der Waals surface area contributed by atoms with Crippen LogP contribution in [0.5, 0.6) is 0 Å². The van der Waals surface area contributed by atoms with E-state index in [1.807, 2.05) is 12.1 Å². The topological polar surface area (TPSA) is 102 Å². The maximum Gasteiger partial charge on any atom is 0.270 e. The molecule has 0 amide bonds. The van der Waals surface area contributed by atoms with Crippen LogP contribution in [0.4, 0.5) is 10.1 Å². The summed E-state index contributed by atoms with van der Waals surface area (Å²) in [7, 11) is 1.61. The van der Waals surface area contributed by atoms with E-state index in [0.717, 1.165) is 16.3 Å². The monoisotopic (exact) mass is 539 g/mol. The minimum Gasteiger partial charge on any atom is -0.363 e. The van der Waals surface area contributed by atoms with Crippen LogP contribution < -0.4 is 10.5 Å². The molecule has 4 heterocycles. The Kier molecular flexibility index (Phi) is 6.38. The molecule has 0 spiro atoms. The zero-order valence-electron chi connectivity index (χ0n) is 21.6. The molecule has 1 unspecified atom stereocenters. The number of fused-ring (bicyclic) bond motifs is 1. The summed E-state index contributed by atoms with van der Waals surface area (Å²) in [6, 6.07) is 13.9. The van der Waals surface area contributed by atoms with Crippen molar-refractivity contribution in [2.24, 2.45) is 7.05 Å². The summed E-state index contributed by atoms with van der Waals surface area (Å²) in [5.74, 6) is 0.274. The Balaban J connectivity index is 1.39. The lowest BCUT2D eigenvalue weighted by Crippen LogP contribution is -2.53. The van der Waals surface area contributed by atoms with Crippen molar-refractivity contribution in [2.45, 2.75) is 37.8 Å². The average Bonchev–Trinajstić information content (AvgIpc) is 3.69. The molecule has 3 aromatic heterocycles. The zero-order valence-corrected chi connectivity index (χ0v) is 22.5. The van der Waals surface area contributed by atoms with Gasteiger partial charge in [-0.15, -0.1) is 11.3 Å². The second-order valence-corrected chi connectivity index (χ2v) is 11.1. The fourth-order valence-electron chi connectivity index (χ4n) is 5.55. The van der Waals surface area contributed by atoms with Gasteiger partial charge in [0.1, 0.15) is 34.7 Å². The third-order valence-corrected chi connectivity index (χ3v) is 8.71. The van der Waals surface area contributed by atoms with Gasteiger partial charge < -0.3 is 9.47 Å². The van der Waals surface area contributed by atoms with Crippen LogP contribution in [0.15, 0.2) is 46.6 Å². The van der Waals surface area contributed by atoms with Crippen LogP contribution in [0.2, 0.25) is 0 Å². The number of piperazine rings is 1. The zero-order chi connectivity index (χ0) is 27.3. The first-order valence-corrected chi connectivity index (χ1v) is 13.8. The van der Waals surface area contributed by atoms with Crippen LogP contribution in [0.3, 0.4) is 0 Å². The molecule has 0 bridgehead atoms. The molecule has 2 fully saturated rings. The van der Waals surface area contributed by atoms with E-state index < -0.39 is 0 Å². The predicted octanol–water partition coefficient (Wildman–Crippen LogP) is 4.45. The average molecular weight is 540 g/mol. The van der Waals surface area contributed by atoms with Gasteiger partial charge in [-0.25, -0.2) is 14.4 Å². The molecule has 1 aliphatic carbocycles. The Bertz CT molecular complexity index is 1710. The van der Waals surface area contributed by atoms with E-state index in [-0.39, 0.29) is 34.7 Å². The Hall–Kier alpha value is -4.12. The molecule has 1 saturated heterocycles. The number of aromatic nitrogens is 3. The quantitative estimate of drug-likeness (QED) is 0.369. The number of anilines is 1. The minimum absolute atomic E-state index is 0.0246. The van der Waals surface area contributed by atoms with Gasteiger partial charge in [0.25, 0.3) is 5.56 Å². The Morgan fingerprint density at radius 3 is 2.51 bits per heavy atom. The van der Waals surface area contributed by atoms with Crippen molar-refractivity contribution >= 4 is 28.1 Å². The molecular weight excluding hydrogens is 513 g/mol. The molecule has 4 aromatic rings. The molecule has 8 nitrogen and oxygen atoms in total. The van der Waals surface area contributed by atoms with Crippen LogP contribution in [0, 0.1) is 28.5 Å². The summed E-state index contributed by atoms with van der Waals surface area (Å²) in [5.41, 5.74) is 3.32. The summed E-state index contributed by atoms with van der Waals surface area (Å²) in [6.45, 7) is 3.84. The SMILES string of the molecule is C[C@H]1CN(C(c2ccc(F)cc2)c2csc(C3CC3)n2)CCN1c1c(C#N)c(=O)n(C)c2ccc(C#N)nc12. The van der Waals surface area contributed by atoms with Gasteiger partial charge in [0, 0.05) is 44.0 Å². The number of rotatable bonds is 5. The van der Waals surface area contributed by atoms with Gasteiger partial charge in [0.05, 0.1) is 27.9 Å². The molecule has 196 valence electrons. The van der Waals surface area contributed by atoms with E-state index in [4.69, 9.17) is 4.98 Å². The van der Waals surface area contributed by atoms with E-state index in [1.54, 1.807) is 30.5 Å². The molecule has 0 N–H and O–H groups in total.